The van der Waals surface area contributed by atoms with Crippen molar-refractivity contribution in [3.8, 4) is 0 Å². The van der Waals surface area contributed by atoms with Crippen molar-refractivity contribution < 1.29 is 11.0 Å². The van der Waals surface area contributed by atoms with Gasteiger partial charge in [0.25, 0.3) is 0 Å². The van der Waals surface area contributed by atoms with E-state index in [1.165, 1.54) is 38.5 Å². The van der Waals surface area contributed by atoms with Gasteiger partial charge in [-0.2, -0.15) is 0 Å². The molecule has 2 atom stereocenters. The van der Waals surface area contributed by atoms with Gasteiger partial charge in [-0.1, -0.05) is 79.1 Å². The fourth-order valence-electron chi connectivity index (χ4n) is 6.46. The molecule has 4 N–H and O–H groups in total. The molecule has 0 saturated heterocycles. The van der Waals surface area contributed by atoms with Crippen LogP contribution in [0.5, 0.6) is 0 Å². The molecule has 3 aliphatic carbocycles. The first kappa shape index (κ1) is 24.0. The molecule has 3 fully saturated rings. The van der Waals surface area contributed by atoms with Crippen LogP contribution in [-0.4, -0.2) is 11.0 Å². The van der Waals surface area contributed by atoms with Gasteiger partial charge in [0.2, 0.25) is 0 Å². The Morgan fingerprint density at radius 3 is 1.42 bits per heavy atom. The standard InChI is InChI=1S/C24H44.2H2O/c1-17-5-7-21(8-6-17)9-10-22-11-13-23(14-12-22)24-15-18(2)20(4)19(3)16-24;;/h17-24H,5-16H2,1-4H3;2*1H2. The molecule has 0 aromatic rings. The van der Waals surface area contributed by atoms with Crippen molar-refractivity contribution in [3.05, 3.63) is 0 Å². The molecule has 26 heavy (non-hydrogen) atoms. The summed E-state index contributed by atoms with van der Waals surface area (Å²) in [6, 6.07) is 0. The Labute approximate surface area is 163 Å². The third-order valence-electron chi connectivity index (χ3n) is 8.82. The van der Waals surface area contributed by atoms with Crippen LogP contribution in [0.3, 0.4) is 0 Å². The number of hydrogen-bond acceptors (Lipinski definition) is 0. The van der Waals surface area contributed by atoms with Gasteiger partial charge in [0.1, 0.15) is 0 Å². The minimum Gasteiger partial charge on any atom is -0.412 e. The van der Waals surface area contributed by atoms with E-state index in [0.717, 1.165) is 47.3 Å². The van der Waals surface area contributed by atoms with Crippen molar-refractivity contribution in [2.24, 2.45) is 47.3 Å². The van der Waals surface area contributed by atoms with E-state index in [0.29, 0.717) is 0 Å². The molecule has 0 aromatic heterocycles. The zero-order chi connectivity index (χ0) is 17.1. The topological polar surface area (TPSA) is 63.0 Å². The maximum absolute atomic E-state index is 2.52. The quantitative estimate of drug-likeness (QED) is 0.578. The maximum Gasteiger partial charge on any atom is -0.0381 e. The molecule has 156 valence electrons. The first-order chi connectivity index (χ1) is 11.5. The van der Waals surface area contributed by atoms with Crippen molar-refractivity contribution in [1.29, 1.82) is 0 Å². The fourth-order valence-corrected chi connectivity index (χ4v) is 6.46. The highest BCUT2D eigenvalue weighted by Gasteiger charge is 2.35. The lowest BCUT2D eigenvalue weighted by Gasteiger charge is -2.43. The number of rotatable bonds is 4. The summed E-state index contributed by atoms with van der Waals surface area (Å²) in [4.78, 5) is 0. The van der Waals surface area contributed by atoms with E-state index in [1.807, 2.05) is 0 Å². The molecule has 0 spiro atoms. The summed E-state index contributed by atoms with van der Waals surface area (Å²) in [5.41, 5.74) is 0. The van der Waals surface area contributed by atoms with Crippen LogP contribution in [0.4, 0.5) is 0 Å². The Kier molecular flexibility index (Phi) is 10.2. The molecular weight excluding hydrogens is 320 g/mol. The smallest absolute Gasteiger partial charge is 0.0381 e. The molecule has 2 nitrogen and oxygen atoms in total. The first-order valence-electron chi connectivity index (χ1n) is 11.5. The highest BCUT2D eigenvalue weighted by Crippen LogP contribution is 2.46. The largest absolute Gasteiger partial charge is 0.412 e. The normalized spacial score (nSPS) is 43.8. The molecule has 0 aliphatic heterocycles. The van der Waals surface area contributed by atoms with E-state index < -0.39 is 0 Å². The van der Waals surface area contributed by atoms with Crippen LogP contribution < -0.4 is 0 Å². The number of hydrogen-bond donors (Lipinski definition) is 0. The highest BCUT2D eigenvalue weighted by molar-refractivity contribution is 4.86. The van der Waals surface area contributed by atoms with Gasteiger partial charge in [-0.05, 0) is 73.0 Å². The van der Waals surface area contributed by atoms with Crippen molar-refractivity contribution in [2.75, 3.05) is 0 Å². The molecule has 2 unspecified atom stereocenters. The summed E-state index contributed by atoms with van der Waals surface area (Å²) < 4.78 is 0. The van der Waals surface area contributed by atoms with Crippen LogP contribution in [-0.2, 0) is 0 Å². The van der Waals surface area contributed by atoms with Crippen LogP contribution >= 0.6 is 0 Å². The summed E-state index contributed by atoms with van der Waals surface area (Å²) in [7, 11) is 0. The maximum atomic E-state index is 2.52. The lowest BCUT2D eigenvalue weighted by atomic mass is 9.63. The van der Waals surface area contributed by atoms with Crippen LogP contribution in [0.15, 0.2) is 0 Å². The van der Waals surface area contributed by atoms with Gasteiger partial charge in [0.05, 0.1) is 0 Å². The third kappa shape index (κ3) is 6.23. The van der Waals surface area contributed by atoms with Crippen molar-refractivity contribution in [1.82, 2.24) is 0 Å². The van der Waals surface area contributed by atoms with E-state index >= 15 is 0 Å². The van der Waals surface area contributed by atoms with Gasteiger partial charge in [-0.15, -0.1) is 0 Å². The van der Waals surface area contributed by atoms with Gasteiger partial charge >= 0.3 is 0 Å². The molecule has 3 saturated carbocycles. The molecule has 0 aromatic carbocycles. The predicted octanol–water partition coefficient (Wildman–Crippen LogP) is 6.07. The Hall–Kier alpha value is -0.0800. The SMILES string of the molecule is CC1CCC(CCC2CCC(C3CC(C)C(C)C(C)C3)CC2)CC1.O.O. The second-order valence-corrected chi connectivity index (χ2v) is 10.5. The molecule has 0 radical (unpaired) electrons. The highest BCUT2D eigenvalue weighted by atomic mass is 16.0. The zero-order valence-electron chi connectivity index (χ0n) is 18.1. The fraction of sp³-hybridized carbons (Fsp3) is 1.00. The second-order valence-electron chi connectivity index (χ2n) is 10.5. The summed E-state index contributed by atoms with van der Waals surface area (Å²) in [5, 5.41) is 0. The van der Waals surface area contributed by atoms with Crippen LogP contribution in [0.25, 0.3) is 0 Å². The van der Waals surface area contributed by atoms with E-state index in [1.54, 1.807) is 38.5 Å². The van der Waals surface area contributed by atoms with Gasteiger partial charge in [0, 0.05) is 0 Å². The summed E-state index contributed by atoms with van der Waals surface area (Å²) >= 11 is 0. The van der Waals surface area contributed by atoms with E-state index in [4.69, 9.17) is 0 Å². The lowest BCUT2D eigenvalue weighted by molar-refractivity contribution is 0.0768. The van der Waals surface area contributed by atoms with Crippen molar-refractivity contribution in [3.63, 3.8) is 0 Å². The lowest BCUT2D eigenvalue weighted by Crippen LogP contribution is -2.33. The zero-order valence-corrected chi connectivity index (χ0v) is 18.1. The first-order valence-corrected chi connectivity index (χ1v) is 11.5. The van der Waals surface area contributed by atoms with Crippen LogP contribution in [0.1, 0.15) is 105 Å². The molecule has 3 rings (SSSR count). The van der Waals surface area contributed by atoms with Gasteiger partial charge in [-0.25, -0.2) is 0 Å². The van der Waals surface area contributed by atoms with Gasteiger partial charge in [0.15, 0.2) is 0 Å². The average Bonchev–Trinajstić information content (AvgIpc) is 2.59. The molecule has 2 heteroatoms. The molecule has 0 heterocycles. The van der Waals surface area contributed by atoms with Crippen LogP contribution in [0.2, 0.25) is 0 Å². The van der Waals surface area contributed by atoms with E-state index in [2.05, 4.69) is 27.7 Å². The van der Waals surface area contributed by atoms with Gasteiger partial charge < -0.3 is 11.0 Å². The monoisotopic (exact) mass is 368 g/mol. The van der Waals surface area contributed by atoms with Crippen molar-refractivity contribution in [2.45, 2.75) is 105 Å². The van der Waals surface area contributed by atoms with E-state index in [9.17, 15) is 0 Å². The Balaban J connectivity index is 0.00000169. The van der Waals surface area contributed by atoms with Gasteiger partial charge in [-0.3, -0.25) is 0 Å². The Morgan fingerprint density at radius 1 is 0.538 bits per heavy atom. The van der Waals surface area contributed by atoms with Crippen LogP contribution in [0, 0.1) is 47.3 Å². The molecule has 3 aliphatic rings. The second kappa shape index (κ2) is 11.1. The van der Waals surface area contributed by atoms with E-state index in [-0.39, 0.29) is 11.0 Å². The summed E-state index contributed by atoms with van der Waals surface area (Å²) in [5.74, 6) is 8.20. The molecule has 0 bridgehead atoms. The average molecular weight is 369 g/mol. The minimum atomic E-state index is 0. The predicted molar refractivity (Wildman–Crippen MR) is 113 cm³/mol. The third-order valence-corrected chi connectivity index (χ3v) is 8.82. The van der Waals surface area contributed by atoms with Crippen molar-refractivity contribution >= 4 is 0 Å². The molecule has 0 amide bonds. The Morgan fingerprint density at radius 2 is 0.962 bits per heavy atom. The summed E-state index contributed by atoms with van der Waals surface area (Å²) in [6.45, 7) is 9.98. The Bertz CT molecular complexity index is 354. The molecular formula is C24H48O2. The minimum absolute atomic E-state index is 0. The summed E-state index contributed by atoms with van der Waals surface area (Å²) in [6.07, 6.45) is 18.5.